The molecule has 0 spiro atoms. The van der Waals surface area contributed by atoms with Crippen LogP contribution in [0.2, 0.25) is 0 Å². The van der Waals surface area contributed by atoms with Gasteiger partial charge in [-0.3, -0.25) is 0 Å². The maximum atomic E-state index is 4.27. The minimum Gasteiger partial charge on any atom is -0.162 e. The molecule has 1 atom stereocenters. The van der Waals surface area contributed by atoms with Crippen LogP contribution in [0.25, 0.3) is 0 Å². The monoisotopic (exact) mass is 241 g/mol. The summed E-state index contributed by atoms with van der Waals surface area (Å²) in [5.41, 5.74) is 0. The fourth-order valence-corrected chi connectivity index (χ4v) is 5.89. The lowest BCUT2D eigenvalue weighted by molar-refractivity contribution is 1.54. The maximum absolute atomic E-state index is 4.27. The van der Waals surface area contributed by atoms with E-state index in [-0.39, 0.29) is 0 Å². The fraction of sp³-hybridized carbons (Fsp3) is 1.00. The first-order valence-electron chi connectivity index (χ1n) is 2.78. The second-order valence-corrected chi connectivity index (χ2v) is 7.79. The van der Waals surface area contributed by atoms with Gasteiger partial charge in [0.05, 0.1) is 0 Å². The van der Waals surface area contributed by atoms with Crippen LogP contribution in [0.3, 0.4) is 0 Å². The molecule has 0 aromatic carbocycles. The minimum atomic E-state index is -0.565. The number of hydrogen-bond donors (Lipinski definition) is 0. The number of nitrogens with zero attached hydrogens (tertiary/aromatic N) is 4. The maximum Gasteiger partial charge on any atom is 0.439 e. The zero-order chi connectivity index (χ0) is 7.94. The van der Waals surface area contributed by atoms with Gasteiger partial charge in [0.1, 0.15) is 11.4 Å². The van der Waals surface area contributed by atoms with Crippen molar-refractivity contribution in [1.82, 2.24) is 0 Å². The summed E-state index contributed by atoms with van der Waals surface area (Å²) in [7, 11) is 1.75. The quantitative estimate of drug-likeness (QED) is 0.598. The van der Waals surface area contributed by atoms with Crippen molar-refractivity contribution in [3.05, 3.63) is 0 Å². The van der Waals surface area contributed by atoms with Gasteiger partial charge in [-0.15, -0.1) is 0 Å². The van der Waals surface area contributed by atoms with Crippen molar-refractivity contribution in [2.45, 2.75) is 6.92 Å². The summed E-state index contributed by atoms with van der Waals surface area (Å²) < 4.78 is 16.6. The van der Waals surface area contributed by atoms with Crippen LogP contribution in [-0.2, 0) is 0 Å². The van der Waals surface area contributed by atoms with E-state index in [1.807, 2.05) is 0 Å². The van der Waals surface area contributed by atoms with Crippen molar-refractivity contribution in [3.63, 3.8) is 0 Å². The normalized spacial score (nSPS) is 23.5. The zero-order valence-electron chi connectivity index (χ0n) is 5.69. The van der Waals surface area contributed by atoms with E-state index < -0.39 is 7.07 Å². The van der Waals surface area contributed by atoms with Gasteiger partial charge in [0, 0.05) is 14.8 Å². The molecule has 0 bridgehead atoms. The van der Waals surface area contributed by atoms with Crippen molar-refractivity contribution in [2.75, 3.05) is 5.75 Å². The van der Waals surface area contributed by atoms with Crippen LogP contribution in [0.5, 0.6) is 0 Å². The lowest BCUT2D eigenvalue weighted by Crippen LogP contribution is -1.53. The summed E-state index contributed by atoms with van der Waals surface area (Å²) in [5.74, 6) is 1.06. The van der Waals surface area contributed by atoms with Crippen LogP contribution >= 0.6 is 44.0 Å². The first-order valence-corrected chi connectivity index (χ1v) is 8.02. The van der Waals surface area contributed by atoms with Crippen molar-refractivity contribution in [2.24, 2.45) is 18.1 Å². The molecule has 58 valence electrons. The molecule has 4 nitrogen and oxygen atoms in total. The van der Waals surface area contributed by atoms with E-state index in [1.54, 1.807) is 11.4 Å². The summed E-state index contributed by atoms with van der Waals surface area (Å²) in [5, 5.41) is 0. The van der Waals surface area contributed by atoms with Crippen LogP contribution in [0.1, 0.15) is 6.92 Å². The Kier molecular flexibility index (Phi) is 5.62. The van der Waals surface area contributed by atoms with Crippen molar-refractivity contribution in [1.29, 1.82) is 0 Å². The third-order valence-corrected chi connectivity index (χ3v) is 7.05. The second kappa shape index (κ2) is 6.29. The van der Waals surface area contributed by atoms with E-state index in [4.69, 9.17) is 0 Å². The van der Waals surface area contributed by atoms with Gasteiger partial charge in [0.15, 0.2) is 8.52 Å². The molecule has 0 aromatic heterocycles. The topological polar surface area (TPSA) is 49.4 Å². The van der Waals surface area contributed by atoms with Gasteiger partial charge < -0.3 is 0 Å². The Morgan fingerprint density at radius 1 is 1.27 bits per heavy atom. The molecule has 0 saturated heterocycles. The van der Waals surface area contributed by atoms with Gasteiger partial charge in [-0.05, 0) is 0 Å². The van der Waals surface area contributed by atoms with Crippen LogP contribution in [0.4, 0.5) is 0 Å². The molecular formula is C2H5N4P4S+. The molecule has 9 heteroatoms. The fourth-order valence-electron chi connectivity index (χ4n) is 0.343. The Balaban J connectivity index is 2.62. The smallest absolute Gasteiger partial charge is 0.162 e. The molecule has 1 heterocycles. The highest BCUT2D eigenvalue weighted by atomic mass is 32.7. The molecule has 0 radical (unpaired) electrons. The molecule has 0 saturated carbocycles. The van der Waals surface area contributed by atoms with E-state index in [2.05, 4.69) is 25.0 Å². The van der Waals surface area contributed by atoms with Crippen molar-refractivity contribution in [3.8, 4) is 0 Å². The summed E-state index contributed by atoms with van der Waals surface area (Å²) >= 11 is 1.77. The summed E-state index contributed by atoms with van der Waals surface area (Å²) in [6.07, 6.45) is 0. The van der Waals surface area contributed by atoms with E-state index in [1.165, 1.54) is 0 Å². The van der Waals surface area contributed by atoms with Crippen LogP contribution in [0, 0.1) is 0 Å². The van der Waals surface area contributed by atoms with Gasteiger partial charge >= 0.3 is 7.07 Å². The Morgan fingerprint density at radius 2 is 2.09 bits per heavy atom. The molecular weight excluding hydrogens is 236 g/mol. The summed E-state index contributed by atoms with van der Waals surface area (Å²) in [4.78, 5) is 0. The highest BCUT2D eigenvalue weighted by molar-refractivity contribution is 8.52. The van der Waals surface area contributed by atoms with Gasteiger partial charge in [-0.2, -0.15) is 9.03 Å². The molecule has 0 aliphatic carbocycles. The molecule has 1 aliphatic heterocycles. The summed E-state index contributed by atoms with van der Waals surface area (Å²) in [6, 6.07) is 0. The van der Waals surface area contributed by atoms with Gasteiger partial charge in [-0.25, -0.2) is 0 Å². The Bertz CT molecular complexity index is 234. The molecule has 11 heavy (non-hydrogen) atoms. The second-order valence-electron chi connectivity index (χ2n) is 1.30. The SMILES string of the molecule is CCS[P+]1=NP=NP=NP=N1. The highest BCUT2D eigenvalue weighted by Gasteiger charge is 2.11. The predicted octanol–water partition coefficient (Wildman–Crippen LogP) is 5.38. The third-order valence-electron chi connectivity index (χ3n) is 0.638. The molecule has 0 fully saturated rings. The lowest BCUT2D eigenvalue weighted by atomic mass is 11.0. The number of hydrogen-bond acceptors (Lipinski definition) is 5. The van der Waals surface area contributed by atoms with E-state index >= 15 is 0 Å². The van der Waals surface area contributed by atoms with Gasteiger partial charge in [-0.1, -0.05) is 6.92 Å². The van der Waals surface area contributed by atoms with E-state index in [0.717, 1.165) is 31.3 Å². The zero-order valence-corrected chi connectivity index (χ0v) is 10.1. The van der Waals surface area contributed by atoms with Crippen LogP contribution in [-0.4, -0.2) is 5.75 Å². The molecule has 1 aliphatic rings. The average molecular weight is 241 g/mol. The van der Waals surface area contributed by atoms with Crippen molar-refractivity contribution >= 4 is 44.0 Å². The Hall–Kier alpha value is 0.750. The van der Waals surface area contributed by atoms with Crippen LogP contribution in [0.15, 0.2) is 18.1 Å². The van der Waals surface area contributed by atoms with Crippen molar-refractivity contribution < 1.29 is 0 Å². The Labute approximate surface area is 75.1 Å². The van der Waals surface area contributed by atoms with E-state index in [9.17, 15) is 0 Å². The highest BCUT2D eigenvalue weighted by Crippen LogP contribution is 2.49. The predicted molar refractivity (Wildman–Crippen MR) is 55.5 cm³/mol. The molecule has 1 rings (SSSR count). The molecule has 1 unspecified atom stereocenters. The molecule has 0 amide bonds. The van der Waals surface area contributed by atoms with Crippen LogP contribution < -0.4 is 0 Å². The van der Waals surface area contributed by atoms with E-state index in [0.29, 0.717) is 0 Å². The minimum absolute atomic E-state index is 0.565. The third kappa shape index (κ3) is 4.35. The first kappa shape index (κ1) is 9.84. The Morgan fingerprint density at radius 3 is 2.91 bits per heavy atom. The van der Waals surface area contributed by atoms with Gasteiger partial charge in [0.25, 0.3) is 0 Å². The first-order chi connectivity index (χ1) is 5.43. The summed E-state index contributed by atoms with van der Waals surface area (Å²) in [6.45, 7) is 2.11. The molecule has 0 N–H and O–H groups in total. The standard InChI is InChI=1S/C2H5N4P4S/c1-2-11-10-5-8-3-7-4-9-6-10/h2H2,1H3/q+1. The molecule has 0 aromatic rings. The largest absolute Gasteiger partial charge is 0.439 e. The average Bonchev–Trinajstić information content (AvgIpc) is 1.94. The van der Waals surface area contributed by atoms with Gasteiger partial charge in [0.2, 0.25) is 17.0 Å². The number of rotatable bonds is 2. The lowest BCUT2D eigenvalue weighted by Gasteiger charge is -1.77.